The van der Waals surface area contributed by atoms with Gasteiger partial charge in [0.1, 0.15) is 6.17 Å². The Kier molecular flexibility index (Phi) is 2.46. The van der Waals surface area contributed by atoms with Crippen molar-refractivity contribution in [1.29, 1.82) is 0 Å². The molecule has 2 heteroatoms. The van der Waals surface area contributed by atoms with Crippen LogP contribution in [0.2, 0.25) is 0 Å². The number of aliphatic hydroxyl groups is 1. The van der Waals surface area contributed by atoms with Crippen LogP contribution in [0.1, 0.15) is 25.7 Å². The number of aliphatic hydroxyl groups excluding tert-OH is 1. The van der Waals surface area contributed by atoms with Crippen LogP contribution in [0.25, 0.3) is 0 Å². The average molecular weight is 132 g/mol. The molecule has 0 aromatic rings. The molecule has 0 saturated heterocycles. The number of rotatable bonds is 1. The highest BCUT2D eigenvalue weighted by Gasteiger charge is 2.19. The molecule has 0 heterocycles. The van der Waals surface area contributed by atoms with Gasteiger partial charge in [-0.1, -0.05) is 6.42 Å². The third-order valence-corrected chi connectivity index (χ3v) is 1.98. The van der Waals surface area contributed by atoms with E-state index in [1.807, 2.05) is 0 Å². The molecule has 1 rings (SSSR count). The van der Waals surface area contributed by atoms with Crippen LogP contribution in [-0.2, 0) is 0 Å². The third-order valence-electron chi connectivity index (χ3n) is 1.98. The van der Waals surface area contributed by atoms with E-state index in [1.165, 1.54) is 0 Å². The molecule has 1 N–H and O–H groups in total. The molecule has 0 bridgehead atoms. The molecule has 54 valence electrons. The van der Waals surface area contributed by atoms with Crippen LogP contribution in [0.15, 0.2) is 0 Å². The Balaban J connectivity index is 2.23. The quantitative estimate of drug-likeness (QED) is 0.573. The molecule has 0 aliphatic heterocycles. The van der Waals surface area contributed by atoms with Gasteiger partial charge in [-0.05, 0) is 25.2 Å². The lowest BCUT2D eigenvalue weighted by Gasteiger charge is -2.21. The van der Waals surface area contributed by atoms with Gasteiger partial charge in [0.2, 0.25) is 0 Å². The second kappa shape index (κ2) is 3.16. The summed E-state index contributed by atoms with van der Waals surface area (Å²) in [6, 6.07) is 0. The summed E-state index contributed by atoms with van der Waals surface area (Å²) in [6.45, 7) is 0.167. The van der Waals surface area contributed by atoms with E-state index in [0.29, 0.717) is 12.8 Å². The van der Waals surface area contributed by atoms with Gasteiger partial charge < -0.3 is 5.11 Å². The van der Waals surface area contributed by atoms with Crippen molar-refractivity contribution in [1.82, 2.24) is 0 Å². The fourth-order valence-electron chi connectivity index (χ4n) is 1.39. The molecule has 0 aromatic heterocycles. The molecule has 1 nitrogen and oxygen atoms in total. The van der Waals surface area contributed by atoms with E-state index in [4.69, 9.17) is 5.11 Å². The van der Waals surface area contributed by atoms with E-state index in [9.17, 15) is 4.39 Å². The van der Waals surface area contributed by atoms with Crippen molar-refractivity contribution in [3.63, 3.8) is 0 Å². The smallest absolute Gasteiger partial charge is 0.100 e. The Bertz CT molecular complexity index is 85.0. The molecule has 1 aliphatic carbocycles. The maximum absolute atomic E-state index is 12.5. The van der Waals surface area contributed by atoms with E-state index < -0.39 is 6.17 Å². The number of hydrogen-bond donors (Lipinski definition) is 1. The van der Waals surface area contributed by atoms with Gasteiger partial charge in [-0.2, -0.15) is 0 Å². The largest absolute Gasteiger partial charge is 0.396 e. The molecule has 2 atom stereocenters. The van der Waals surface area contributed by atoms with Gasteiger partial charge in [-0.25, -0.2) is 4.39 Å². The van der Waals surface area contributed by atoms with Gasteiger partial charge in [0.05, 0.1) is 0 Å². The van der Waals surface area contributed by atoms with E-state index in [1.54, 1.807) is 0 Å². The normalized spacial score (nSPS) is 36.7. The van der Waals surface area contributed by atoms with E-state index in [2.05, 4.69) is 0 Å². The lowest BCUT2D eigenvalue weighted by Crippen LogP contribution is -2.18. The van der Waals surface area contributed by atoms with Crippen molar-refractivity contribution in [2.45, 2.75) is 31.9 Å². The molecule has 1 aliphatic rings. The van der Waals surface area contributed by atoms with Crippen LogP contribution >= 0.6 is 0 Å². The molecule has 0 radical (unpaired) electrons. The maximum atomic E-state index is 12.5. The zero-order chi connectivity index (χ0) is 6.69. The first-order valence-electron chi connectivity index (χ1n) is 3.58. The van der Waals surface area contributed by atoms with Crippen LogP contribution in [0.3, 0.4) is 0 Å². The summed E-state index contributed by atoms with van der Waals surface area (Å²) >= 11 is 0. The van der Waals surface area contributed by atoms with Gasteiger partial charge in [0.25, 0.3) is 0 Å². The molecular weight excluding hydrogens is 119 g/mol. The molecular formula is C7H13FO. The Hall–Kier alpha value is -0.110. The van der Waals surface area contributed by atoms with Crippen molar-refractivity contribution < 1.29 is 9.50 Å². The highest BCUT2D eigenvalue weighted by atomic mass is 19.1. The zero-order valence-electron chi connectivity index (χ0n) is 5.52. The predicted octanol–water partition coefficient (Wildman–Crippen LogP) is 1.51. The van der Waals surface area contributed by atoms with E-state index in [-0.39, 0.29) is 12.5 Å². The minimum absolute atomic E-state index is 0.167. The molecule has 9 heavy (non-hydrogen) atoms. The zero-order valence-corrected chi connectivity index (χ0v) is 5.52. The van der Waals surface area contributed by atoms with Crippen LogP contribution in [0.4, 0.5) is 4.39 Å². The van der Waals surface area contributed by atoms with Gasteiger partial charge in [-0.3, -0.25) is 0 Å². The van der Waals surface area contributed by atoms with Crippen molar-refractivity contribution in [2.75, 3.05) is 6.61 Å². The highest BCUT2D eigenvalue weighted by molar-refractivity contribution is 4.71. The predicted molar refractivity (Wildman–Crippen MR) is 33.9 cm³/mol. The second-order valence-electron chi connectivity index (χ2n) is 2.81. The van der Waals surface area contributed by atoms with Crippen LogP contribution < -0.4 is 0 Å². The van der Waals surface area contributed by atoms with Crippen molar-refractivity contribution in [2.24, 2.45) is 5.92 Å². The molecule has 1 saturated carbocycles. The Morgan fingerprint density at radius 1 is 1.44 bits per heavy atom. The van der Waals surface area contributed by atoms with Crippen LogP contribution in [-0.4, -0.2) is 17.9 Å². The summed E-state index contributed by atoms with van der Waals surface area (Å²) in [5.41, 5.74) is 0. The Morgan fingerprint density at radius 3 is 2.67 bits per heavy atom. The lowest BCUT2D eigenvalue weighted by molar-refractivity contribution is 0.136. The molecule has 0 amide bonds. The molecule has 0 spiro atoms. The monoisotopic (exact) mass is 132 g/mol. The molecule has 0 aromatic carbocycles. The Morgan fingerprint density at radius 2 is 2.22 bits per heavy atom. The van der Waals surface area contributed by atoms with Crippen molar-refractivity contribution >= 4 is 0 Å². The summed E-state index contributed by atoms with van der Waals surface area (Å²) < 4.78 is 12.5. The van der Waals surface area contributed by atoms with Crippen molar-refractivity contribution in [3.8, 4) is 0 Å². The summed E-state index contributed by atoms with van der Waals surface area (Å²) in [7, 11) is 0. The van der Waals surface area contributed by atoms with E-state index in [0.717, 1.165) is 12.8 Å². The Labute approximate surface area is 54.9 Å². The van der Waals surface area contributed by atoms with Gasteiger partial charge in [0, 0.05) is 6.61 Å². The average Bonchev–Trinajstić information content (AvgIpc) is 1.88. The van der Waals surface area contributed by atoms with Gasteiger partial charge in [-0.15, -0.1) is 0 Å². The topological polar surface area (TPSA) is 20.2 Å². The first kappa shape index (κ1) is 7.00. The first-order valence-corrected chi connectivity index (χ1v) is 3.58. The highest BCUT2D eigenvalue weighted by Crippen LogP contribution is 2.25. The van der Waals surface area contributed by atoms with Gasteiger partial charge >= 0.3 is 0 Å². The second-order valence-corrected chi connectivity index (χ2v) is 2.81. The maximum Gasteiger partial charge on any atom is 0.100 e. The van der Waals surface area contributed by atoms with E-state index >= 15 is 0 Å². The van der Waals surface area contributed by atoms with Gasteiger partial charge in [0.15, 0.2) is 0 Å². The minimum atomic E-state index is -0.643. The number of alkyl halides is 1. The summed E-state index contributed by atoms with van der Waals surface area (Å²) in [4.78, 5) is 0. The first-order chi connectivity index (χ1) is 4.33. The summed E-state index contributed by atoms with van der Waals surface area (Å²) in [6.07, 6.45) is 2.60. The SMILES string of the molecule is OC[C@H]1CCCC(F)C1. The number of halogens is 1. The van der Waals surface area contributed by atoms with Crippen LogP contribution in [0, 0.1) is 5.92 Å². The fraction of sp³-hybridized carbons (Fsp3) is 1.00. The third kappa shape index (κ3) is 1.94. The number of hydrogen-bond acceptors (Lipinski definition) is 1. The summed E-state index contributed by atoms with van der Waals surface area (Å²) in [5.74, 6) is 0.244. The van der Waals surface area contributed by atoms with Crippen LogP contribution in [0.5, 0.6) is 0 Å². The lowest BCUT2D eigenvalue weighted by atomic mass is 9.89. The fourth-order valence-corrected chi connectivity index (χ4v) is 1.39. The standard InChI is InChI=1S/C7H13FO/c8-7-3-1-2-6(4-7)5-9/h6-7,9H,1-5H2/t6-,7?/m0/s1. The minimum Gasteiger partial charge on any atom is -0.396 e. The molecule has 1 fully saturated rings. The summed E-state index contributed by atoms with van der Waals surface area (Å²) in [5, 5.41) is 8.64. The molecule has 1 unspecified atom stereocenters. The van der Waals surface area contributed by atoms with Crippen molar-refractivity contribution in [3.05, 3.63) is 0 Å².